The van der Waals surface area contributed by atoms with E-state index in [0.29, 0.717) is 33.9 Å². The second-order valence-electron chi connectivity index (χ2n) is 9.26. The van der Waals surface area contributed by atoms with Crippen molar-refractivity contribution >= 4 is 45.7 Å². The van der Waals surface area contributed by atoms with Crippen LogP contribution in [0, 0.1) is 12.3 Å². The highest BCUT2D eigenvalue weighted by molar-refractivity contribution is 8.27. The number of benzene rings is 2. The number of aryl methyl sites for hydroxylation is 1. The number of piperidine rings is 1. The maximum absolute atomic E-state index is 12.8. The van der Waals surface area contributed by atoms with E-state index >= 15 is 0 Å². The van der Waals surface area contributed by atoms with E-state index in [-0.39, 0.29) is 23.7 Å². The van der Waals surface area contributed by atoms with E-state index in [9.17, 15) is 9.59 Å². The maximum Gasteiger partial charge on any atom is 0.283 e. The molecule has 10 heteroatoms. The third kappa shape index (κ3) is 5.50. The third-order valence-electron chi connectivity index (χ3n) is 6.65. The van der Waals surface area contributed by atoms with E-state index in [2.05, 4.69) is 10.1 Å². The lowest BCUT2D eigenvalue weighted by atomic mass is 10.1. The summed E-state index contributed by atoms with van der Waals surface area (Å²) in [6, 6.07) is 13.3. The Kier molecular flexibility index (Phi) is 7.59. The van der Waals surface area contributed by atoms with Crippen LogP contribution in [0.5, 0.6) is 11.5 Å². The Hall–Kier alpha value is -3.92. The standard InChI is InChI=1S/C28H29N5O4S/c1-18-8-4-5-9-20(18)17-37-22-11-10-19(15-23(22)36-2)14-21-26(29)33-28(30-27(21)35)38-24(31-33)16-25(34)32-12-6-3-7-13-32/h4-5,8-11,14-15,29H,3,6-7,12-13,16-17H2,1-2H3/b21-14-,29-26?. The topological polar surface area (TPSA) is 108 Å². The number of aliphatic imine (C=N–C) groups is 1. The lowest BCUT2D eigenvalue weighted by Gasteiger charge is -2.26. The summed E-state index contributed by atoms with van der Waals surface area (Å²) >= 11 is 1.17. The summed E-state index contributed by atoms with van der Waals surface area (Å²) in [5.74, 6) is 0.506. The zero-order chi connectivity index (χ0) is 26.6. The summed E-state index contributed by atoms with van der Waals surface area (Å²) < 4.78 is 11.5. The smallest absolute Gasteiger partial charge is 0.283 e. The van der Waals surface area contributed by atoms with Gasteiger partial charge in [-0.15, -0.1) is 0 Å². The van der Waals surface area contributed by atoms with Crippen LogP contribution in [-0.2, 0) is 16.2 Å². The predicted octanol–water partition coefficient (Wildman–Crippen LogP) is 4.60. The number of hydrogen-bond acceptors (Lipinski definition) is 7. The zero-order valence-electron chi connectivity index (χ0n) is 21.4. The molecule has 9 nitrogen and oxygen atoms in total. The molecule has 5 rings (SSSR count). The monoisotopic (exact) mass is 531 g/mol. The molecule has 1 N–H and O–H groups in total. The summed E-state index contributed by atoms with van der Waals surface area (Å²) in [4.78, 5) is 31.5. The molecular formula is C28H29N5O4S. The molecule has 2 aromatic rings. The Labute approximate surface area is 225 Å². The van der Waals surface area contributed by atoms with Gasteiger partial charge < -0.3 is 14.4 Å². The largest absolute Gasteiger partial charge is 0.493 e. The molecule has 3 heterocycles. The number of carbonyl (C=O) groups is 2. The van der Waals surface area contributed by atoms with Crippen LogP contribution in [0.1, 0.15) is 42.4 Å². The highest BCUT2D eigenvalue weighted by atomic mass is 32.2. The first-order chi connectivity index (χ1) is 18.4. The van der Waals surface area contributed by atoms with Crippen LogP contribution >= 0.6 is 11.8 Å². The molecule has 0 aromatic heterocycles. The van der Waals surface area contributed by atoms with Crippen molar-refractivity contribution < 1.29 is 19.1 Å². The van der Waals surface area contributed by atoms with Gasteiger partial charge in [-0.05, 0) is 72.8 Å². The van der Waals surface area contributed by atoms with Crippen molar-refractivity contribution in [3.05, 3.63) is 64.7 Å². The number of likely N-dealkylation sites (tertiary alicyclic amines) is 1. The number of carbonyl (C=O) groups excluding carboxylic acids is 2. The first kappa shape index (κ1) is 25.7. The fourth-order valence-electron chi connectivity index (χ4n) is 4.48. The first-order valence-electron chi connectivity index (χ1n) is 12.5. The number of hydrazone groups is 1. The van der Waals surface area contributed by atoms with Crippen molar-refractivity contribution in [2.24, 2.45) is 10.1 Å². The molecule has 2 aromatic carbocycles. The maximum atomic E-state index is 12.8. The number of rotatable bonds is 7. The molecule has 0 aliphatic carbocycles. The van der Waals surface area contributed by atoms with Crippen molar-refractivity contribution in [1.82, 2.24) is 9.91 Å². The molecule has 2 amide bonds. The van der Waals surface area contributed by atoms with Gasteiger partial charge in [0.05, 0.1) is 19.1 Å². The van der Waals surface area contributed by atoms with Gasteiger partial charge in [0.1, 0.15) is 11.7 Å². The van der Waals surface area contributed by atoms with E-state index in [0.717, 1.165) is 43.5 Å². The quantitative estimate of drug-likeness (QED) is 0.523. The Balaban J connectivity index is 1.30. The molecule has 0 atom stereocenters. The van der Waals surface area contributed by atoms with Crippen LogP contribution in [-0.4, -0.2) is 58.0 Å². The van der Waals surface area contributed by atoms with Crippen molar-refractivity contribution in [3.8, 4) is 11.5 Å². The summed E-state index contributed by atoms with van der Waals surface area (Å²) in [6.07, 6.45) is 4.91. The number of amidine groups is 2. The molecule has 0 saturated carbocycles. The van der Waals surface area contributed by atoms with Gasteiger partial charge in [0, 0.05) is 13.1 Å². The number of thioether (sulfide) groups is 1. The van der Waals surface area contributed by atoms with E-state index in [1.165, 1.54) is 16.8 Å². The van der Waals surface area contributed by atoms with Gasteiger partial charge in [-0.2, -0.15) is 15.1 Å². The molecule has 0 bridgehead atoms. The number of ether oxygens (including phenoxy) is 2. The van der Waals surface area contributed by atoms with E-state index in [4.69, 9.17) is 14.9 Å². The Morgan fingerprint density at radius 3 is 2.68 bits per heavy atom. The fourth-order valence-corrected chi connectivity index (χ4v) is 5.35. The molecule has 1 saturated heterocycles. The van der Waals surface area contributed by atoms with Crippen LogP contribution in [0.2, 0.25) is 0 Å². The third-order valence-corrected chi connectivity index (χ3v) is 7.56. The Morgan fingerprint density at radius 1 is 1.13 bits per heavy atom. The number of methoxy groups -OCH3 is 1. The lowest BCUT2D eigenvalue weighted by molar-refractivity contribution is -0.130. The van der Waals surface area contributed by atoms with Gasteiger partial charge in [-0.25, -0.2) is 0 Å². The molecule has 0 radical (unpaired) electrons. The van der Waals surface area contributed by atoms with Crippen molar-refractivity contribution in [2.75, 3.05) is 20.2 Å². The number of nitrogens with zero attached hydrogens (tertiary/aromatic N) is 4. The summed E-state index contributed by atoms with van der Waals surface area (Å²) in [6.45, 7) is 3.97. The Morgan fingerprint density at radius 2 is 1.92 bits per heavy atom. The second-order valence-corrected chi connectivity index (χ2v) is 10.3. The summed E-state index contributed by atoms with van der Waals surface area (Å²) in [7, 11) is 1.56. The molecule has 38 heavy (non-hydrogen) atoms. The van der Waals surface area contributed by atoms with Crippen LogP contribution < -0.4 is 9.47 Å². The molecule has 1 fully saturated rings. The predicted molar refractivity (Wildman–Crippen MR) is 149 cm³/mol. The summed E-state index contributed by atoms with van der Waals surface area (Å²) in [5.41, 5.74) is 2.99. The van der Waals surface area contributed by atoms with Gasteiger partial charge in [-0.3, -0.25) is 15.0 Å². The van der Waals surface area contributed by atoms with Crippen LogP contribution in [0.15, 0.2) is 58.1 Å². The van der Waals surface area contributed by atoms with Gasteiger partial charge in [0.25, 0.3) is 5.91 Å². The van der Waals surface area contributed by atoms with Crippen molar-refractivity contribution in [1.29, 1.82) is 5.41 Å². The molecule has 3 aliphatic rings. The number of amides is 2. The average Bonchev–Trinajstić information content (AvgIpc) is 3.33. The zero-order valence-corrected chi connectivity index (χ0v) is 22.2. The van der Waals surface area contributed by atoms with Gasteiger partial charge in [0.15, 0.2) is 17.3 Å². The highest BCUT2D eigenvalue weighted by Crippen LogP contribution is 2.32. The highest BCUT2D eigenvalue weighted by Gasteiger charge is 2.36. The van der Waals surface area contributed by atoms with Gasteiger partial charge in [0.2, 0.25) is 11.1 Å². The number of fused-ring (bicyclic) bond motifs is 1. The second kappa shape index (κ2) is 11.2. The number of hydrogen-bond donors (Lipinski definition) is 1. The minimum absolute atomic E-state index is 0.0156. The van der Waals surface area contributed by atoms with Crippen molar-refractivity contribution in [2.45, 2.75) is 39.2 Å². The van der Waals surface area contributed by atoms with Gasteiger partial charge in [-0.1, -0.05) is 30.3 Å². The molecule has 0 unspecified atom stereocenters. The SMILES string of the molecule is COc1cc(/C=C2/C(=N)N3N=C(CC(=O)N4CCCCC4)SC3=NC2=O)ccc1OCc1ccccc1C. The molecular weight excluding hydrogens is 502 g/mol. The minimum Gasteiger partial charge on any atom is -0.493 e. The van der Waals surface area contributed by atoms with E-state index in [1.807, 2.05) is 36.1 Å². The minimum atomic E-state index is -0.522. The molecule has 0 spiro atoms. The van der Waals surface area contributed by atoms with Crippen molar-refractivity contribution in [3.63, 3.8) is 0 Å². The first-order valence-corrected chi connectivity index (χ1v) is 13.4. The van der Waals surface area contributed by atoms with E-state index in [1.54, 1.807) is 31.4 Å². The number of nitrogens with one attached hydrogen (secondary N) is 1. The molecule has 3 aliphatic heterocycles. The van der Waals surface area contributed by atoms with Crippen LogP contribution in [0.3, 0.4) is 0 Å². The summed E-state index contributed by atoms with van der Waals surface area (Å²) in [5, 5.41) is 15.2. The lowest BCUT2D eigenvalue weighted by Crippen LogP contribution is -2.36. The van der Waals surface area contributed by atoms with Gasteiger partial charge >= 0.3 is 0 Å². The van der Waals surface area contributed by atoms with Crippen LogP contribution in [0.4, 0.5) is 0 Å². The van der Waals surface area contributed by atoms with E-state index < -0.39 is 5.91 Å². The average molecular weight is 532 g/mol. The van der Waals surface area contributed by atoms with Crippen LogP contribution in [0.25, 0.3) is 6.08 Å². The molecule has 196 valence electrons. The fraction of sp³-hybridized carbons (Fsp3) is 0.321. The Bertz CT molecular complexity index is 1380. The normalized spacial score (nSPS) is 18.3.